The lowest BCUT2D eigenvalue weighted by molar-refractivity contribution is -0.120. The molecular formula is C21H28N4O2. The molecule has 0 unspecified atom stereocenters. The normalized spacial score (nSPS) is 11.6. The molecule has 0 saturated carbocycles. The summed E-state index contributed by atoms with van der Waals surface area (Å²) >= 11 is 0. The van der Waals surface area contributed by atoms with Gasteiger partial charge in [-0.25, -0.2) is 4.79 Å². The second-order valence-electron chi connectivity index (χ2n) is 6.75. The number of pyridine rings is 1. The van der Waals surface area contributed by atoms with E-state index >= 15 is 0 Å². The Hall–Kier alpha value is -2.89. The molecule has 0 aliphatic rings. The number of benzene rings is 1. The highest BCUT2D eigenvalue weighted by molar-refractivity contribution is 5.90. The van der Waals surface area contributed by atoms with E-state index < -0.39 is 0 Å². The number of urea groups is 1. The van der Waals surface area contributed by atoms with Crippen molar-refractivity contribution in [1.82, 2.24) is 15.2 Å². The Kier molecular flexibility index (Phi) is 7.34. The van der Waals surface area contributed by atoms with Gasteiger partial charge in [-0.3, -0.25) is 9.78 Å². The van der Waals surface area contributed by atoms with Crippen molar-refractivity contribution in [3.63, 3.8) is 0 Å². The van der Waals surface area contributed by atoms with E-state index in [1.807, 2.05) is 50.2 Å². The molecule has 144 valence electrons. The lowest BCUT2D eigenvalue weighted by atomic mass is 10.1. The standard InChI is InChI=1S/C21H28N4O2/c1-15-11-12-23-18(13-15)14-16(2)25(4)21(27)24-19-8-6-5-7-17(19)9-10-20(26)22-3/h5-8,11-13,16H,9-10,14H2,1-4H3,(H,22,26)(H,24,27)/t16-/m1/s1. The fourth-order valence-electron chi connectivity index (χ4n) is 2.79. The Balaban J connectivity index is 2.00. The summed E-state index contributed by atoms with van der Waals surface area (Å²) in [4.78, 5) is 30.2. The van der Waals surface area contributed by atoms with Gasteiger partial charge >= 0.3 is 6.03 Å². The van der Waals surface area contributed by atoms with E-state index in [4.69, 9.17) is 0 Å². The van der Waals surface area contributed by atoms with E-state index in [2.05, 4.69) is 15.6 Å². The first-order valence-corrected chi connectivity index (χ1v) is 9.14. The van der Waals surface area contributed by atoms with Gasteiger partial charge in [-0.1, -0.05) is 18.2 Å². The van der Waals surface area contributed by atoms with E-state index in [0.717, 1.165) is 22.5 Å². The minimum Gasteiger partial charge on any atom is -0.359 e. The van der Waals surface area contributed by atoms with Crippen LogP contribution in [-0.4, -0.2) is 42.0 Å². The maximum Gasteiger partial charge on any atom is 0.321 e. The lowest BCUT2D eigenvalue weighted by Crippen LogP contribution is -2.39. The molecule has 0 aliphatic carbocycles. The molecule has 1 atom stereocenters. The van der Waals surface area contributed by atoms with Gasteiger partial charge in [0.05, 0.1) is 0 Å². The largest absolute Gasteiger partial charge is 0.359 e. The predicted molar refractivity (Wildman–Crippen MR) is 108 cm³/mol. The van der Waals surface area contributed by atoms with Gasteiger partial charge in [-0.05, 0) is 49.6 Å². The lowest BCUT2D eigenvalue weighted by Gasteiger charge is -2.25. The molecule has 6 heteroatoms. The second kappa shape index (κ2) is 9.71. The topological polar surface area (TPSA) is 74.3 Å². The summed E-state index contributed by atoms with van der Waals surface area (Å²) in [7, 11) is 3.40. The Morgan fingerprint density at radius 1 is 1.22 bits per heavy atom. The van der Waals surface area contributed by atoms with E-state index in [1.165, 1.54) is 0 Å². The summed E-state index contributed by atoms with van der Waals surface area (Å²) < 4.78 is 0. The molecule has 0 aliphatic heterocycles. The number of hydrogen-bond acceptors (Lipinski definition) is 3. The van der Waals surface area contributed by atoms with Crippen LogP contribution in [0.4, 0.5) is 10.5 Å². The fraction of sp³-hybridized carbons (Fsp3) is 0.381. The number of aryl methyl sites for hydroxylation is 2. The predicted octanol–water partition coefficient (Wildman–Crippen LogP) is 3.16. The monoisotopic (exact) mass is 368 g/mol. The van der Waals surface area contributed by atoms with Crippen LogP contribution < -0.4 is 10.6 Å². The van der Waals surface area contributed by atoms with Gasteiger partial charge in [0.1, 0.15) is 0 Å². The number of amides is 3. The van der Waals surface area contributed by atoms with Gasteiger partial charge in [0.15, 0.2) is 0 Å². The van der Waals surface area contributed by atoms with E-state index in [0.29, 0.717) is 19.3 Å². The van der Waals surface area contributed by atoms with Crippen LogP contribution in [0.25, 0.3) is 0 Å². The molecule has 0 fully saturated rings. The molecule has 0 saturated heterocycles. The van der Waals surface area contributed by atoms with Crippen molar-refractivity contribution in [2.24, 2.45) is 0 Å². The third-order valence-corrected chi connectivity index (χ3v) is 4.62. The third-order valence-electron chi connectivity index (χ3n) is 4.62. The summed E-state index contributed by atoms with van der Waals surface area (Å²) in [6, 6.07) is 11.4. The molecule has 27 heavy (non-hydrogen) atoms. The first kappa shape index (κ1) is 20.4. The number of nitrogens with zero attached hydrogens (tertiary/aromatic N) is 2. The maximum atomic E-state index is 12.7. The number of nitrogens with one attached hydrogen (secondary N) is 2. The zero-order valence-corrected chi connectivity index (χ0v) is 16.5. The Morgan fingerprint density at radius 2 is 1.96 bits per heavy atom. The van der Waals surface area contributed by atoms with Crippen molar-refractivity contribution < 1.29 is 9.59 Å². The molecule has 1 aromatic heterocycles. The molecule has 2 aromatic rings. The number of rotatable bonds is 7. The number of likely N-dealkylation sites (N-methyl/N-ethyl adjacent to an activating group) is 1. The highest BCUT2D eigenvalue weighted by atomic mass is 16.2. The quantitative estimate of drug-likeness (QED) is 0.788. The van der Waals surface area contributed by atoms with Gasteiger partial charge in [-0.2, -0.15) is 0 Å². The average molecular weight is 368 g/mol. The maximum absolute atomic E-state index is 12.7. The van der Waals surface area contributed by atoms with Gasteiger partial charge in [0.25, 0.3) is 0 Å². The third kappa shape index (κ3) is 6.09. The molecule has 0 bridgehead atoms. The zero-order valence-electron chi connectivity index (χ0n) is 16.5. The SMILES string of the molecule is CNC(=O)CCc1ccccc1NC(=O)N(C)[C@H](C)Cc1cc(C)ccn1. The number of anilines is 1. The molecule has 0 radical (unpaired) electrons. The summed E-state index contributed by atoms with van der Waals surface area (Å²) in [6.45, 7) is 4.03. The highest BCUT2D eigenvalue weighted by Gasteiger charge is 2.18. The van der Waals surface area contributed by atoms with Crippen molar-refractivity contribution in [3.8, 4) is 0 Å². The van der Waals surface area contributed by atoms with Gasteiger partial charge in [0, 0.05) is 50.6 Å². The Labute approximate surface area is 161 Å². The number of para-hydroxylation sites is 1. The summed E-state index contributed by atoms with van der Waals surface area (Å²) in [5.74, 6) is -0.0208. The first-order chi connectivity index (χ1) is 12.9. The molecule has 1 aromatic carbocycles. The summed E-state index contributed by atoms with van der Waals surface area (Å²) in [5, 5.41) is 5.58. The molecule has 1 heterocycles. The fourth-order valence-corrected chi connectivity index (χ4v) is 2.79. The number of carbonyl (C=O) groups is 2. The zero-order chi connectivity index (χ0) is 19.8. The summed E-state index contributed by atoms with van der Waals surface area (Å²) in [6.07, 6.45) is 3.43. The van der Waals surface area contributed by atoms with E-state index in [9.17, 15) is 9.59 Å². The Bertz CT molecular complexity index is 791. The van der Waals surface area contributed by atoms with Crippen LogP contribution in [-0.2, 0) is 17.6 Å². The molecule has 0 spiro atoms. The molecular weight excluding hydrogens is 340 g/mol. The highest BCUT2D eigenvalue weighted by Crippen LogP contribution is 2.18. The van der Waals surface area contributed by atoms with Gasteiger partial charge in [-0.15, -0.1) is 0 Å². The number of hydrogen-bond donors (Lipinski definition) is 2. The van der Waals surface area contributed by atoms with Crippen LogP contribution in [0.1, 0.15) is 30.2 Å². The van der Waals surface area contributed by atoms with Crippen LogP contribution in [0, 0.1) is 6.92 Å². The smallest absolute Gasteiger partial charge is 0.321 e. The van der Waals surface area contributed by atoms with Crippen molar-refractivity contribution in [1.29, 1.82) is 0 Å². The average Bonchev–Trinajstić information content (AvgIpc) is 2.66. The summed E-state index contributed by atoms with van der Waals surface area (Å²) in [5.41, 5.74) is 3.80. The van der Waals surface area contributed by atoms with E-state index in [1.54, 1.807) is 25.2 Å². The van der Waals surface area contributed by atoms with Crippen molar-refractivity contribution in [2.45, 2.75) is 39.2 Å². The van der Waals surface area contributed by atoms with Crippen LogP contribution in [0.2, 0.25) is 0 Å². The molecule has 3 amide bonds. The van der Waals surface area contributed by atoms with Crippen molar-refractivity contribution in [3.05, 3.63) is 59.4 Å². The van der Waals surface area contributed by atoms with Gasteiger partial charge in [0.2, 0.25) is 5.91 Å². The van der Waals surface area contributed by atoms with E-state index in [-0.39, 0.29) is 18.0 Å². The minimum atomic E-state index is -0.178. The number of aromatic nitrogens is 1. The van der Waals surface area contributed by atoms with Gasteiger partial charge < -0.3 is 15.5 Å². The second-order valence-corrected chi connectivity index (χ2v) is 6.75. The van der Waals surface area contributed by atoms with Crippen LogP contribution >= 0.6 is 0 Å². The van der Waals surface area contributed by atoms with Crippen LogP contribution in [0.15, 0.2) is 42.6 Å². The van der Waals surface area contributed by atoms with Crippen LogP contribution in [0.5, 0.6) is 0 Å². The van der Waals surface area contributed by atoms with Crippen LogP contribution in [0.3, 0.4) is 0 Å². The number of carbonyl (C=O) groups excluding carboxylic acids is 2. The molecule has 2 rings (SSSR count). The molecule has 6 nitrogen and oxygen atoms in total. The molecule has 2 N–H and O–H groups in total. The van der Waals surface area contributed by atoms with Crippen molar-refractivity contribution >= 4 is 17.6 Å². The van der Waals surface area contributed by atoms with Crippen molar-refractivity contribution in [2.75, 3.05) is 19.4 Å². The Morgan fingerprint density at radius 3 is 2.67 bits per heavy atom. The first-order valence-electron chi connectivity index (χ1n) is 9.14. The minimum absolute atomic E-state index is 0.00247.